The third-order valence-electron chi connectivity index (χ3n) is 7.21. The molecular weight excluding hydrogens is 444 g/mol. The van der Waals surface area contributed by atoms with Crippen molar-refractivity contribution in [1.82, 2.24) is 9.88 Å². The number of nitrogens with zero attached hydrogens (tertiary/aromatic N) is 1. The molecular formula is C20H18N2O5S3. The Balaban J connectivity index is 1.40. The number of imide groups is 1. The average molecular weight is 463 g/mol. The molecule has 4 heterocycles. The number of carbonyl (C=O) groups is 3. The van der Waals surface area contributed by atoms with E-state index in [2.05, 4.69) is 11.1 Å². The number of thiazole rings is 1. The van der Waals surface area contributed by atoms with Crippen LogP contribution in [0.3, 0.4) is 0 Å². The van der Waals surface area contributed by atoms with Crippen molar-refractivity contribution in [2.24, 2.45) is 29.6 Å². The third-order valence-corrected chi connectivity index (χ3v) is 10.8. The molecule has 10 heteroatoms. The van der Waals surface area contributed by atoms with Crippen molar-refractivity contribution >= 4 is 52.2 Å². The molecule has 7 atom stereocenters. The lowest BCUT2D eigenvalue weighted by Gasteiger charge is -2.42. The van der Waals surface area contributed by atoms with Gasteiger partial charge in [0, 0.05) is 27.5 Å². The summed E-state index contributed by atoms with van der Waals surface area (Å²) >= 11 is 4.60. The van der Waals surface area contributed by atoms with E-state index in [1.54, 1.807) is 23.1 Å². The summed E-state index contributed by atoms with van der Waals surface area (Å²) in [7, 11) is 0. The number of aromatic nitrogens is 1. The van der Waals surface area contributed by atoms with E-state index in [9.17, 15) is 19.2 Å². The number of thiophene rings is 1. The number of likely N-dealkylation sites (tertiary alicyclic amines) is 1. The fourth-order valence-corrected chi connectivity index (χ4v) is 10.1. The highest BCUT2D eigenvalue weighted by Gasteiger charge is 2.69. The Hall–Kier alpha value is -1.91. The number of fused-ring (bicyclic) bond motifs is 9. The fourth-order valence-electron chi connectivity index (χ4n) is 6.29. The molecule has 0 spiro atoms. The van der Waals surface area contributed by atoms with Crippen LogP contribution in [0.4, 0.5) is 0 Å². The van der Waals surface area contributed by atoms with Crippen molar-refractivity contribution in [3.8, 4) is 0 Å². The quantitative estimate of drug-likeness (QED) is 0.676. The summed E-state index contributed by atoms with van der Waals surface area (Å²) in [6.45, 7) is -0.0447. The summed E-state index contributed by atoms with van der Waals surface area (Å²) in [5.74, 6) is -1.65. The van der Waals surface area contributed by atoms with E-state index in [0.29, 0.717) is 0 Å². The molecule has 4 aliphatic rings. The van der Waals surface area contributed by atoms with Crippen LogP contribution in [0.15, 0.2) is 27.3 Å². The number of rotatable bonds is 4. The molecule has 1 saturated heterocycles. The molecule has 2 bridgehead atoms. The van der Waals surface area contributed by atoms with Crippen molar-refractivity contribution in [3.63, 3.8) is 0 Å². The summed E-state index contributed by atoms with van der Waals surface area (Å²) in [4.78, 5) is 55.7. The van der Waals surface area contributed by atoms with E-state index in [1.807, 2.05) is 11.4 Å². The Morgan fingerprint density at radius 3 is 2.67 bits per heavy atom. The van der Waals surface area contributed by atoms with Gasteiger partial charge in [-0.3, -0.25) is 24.1 Å². The van der Waals surface area contributed by atoms with Crippen LogP contribution in [0, 0.1) is 29.6 Å². The van der Waals surface area contributed by atoms with Gasteiger partial charge in [-0.25, -0.2) is 0 Å². The first-order valence-corrected chi connectivity index (χ1v) is 12.5. The highest BCUT2D eigenvalue weighted by Crippen LogP contribution is 2.68. The molecule has 2 aromatic heterocycles. The van der Waals surface area contributed by atoms with Crippen LogP contribution >= 0.6 is 34.4 Å². The first-order valence-electron chi connectivity index (χ1n) is 9.95. The first-order chi connectivity index (χ1) is 14.5. The molecule has 0 unspecified atom stereocenters. The van der Waals surface area contributed by atoms with Gasteiger partial charge in [0.15, 0.2) is 0 Å². The number of amides is 2. The number of carboxylic acids is 1. The Morgan fingerprint density at radius 1 is 1.20 bits per heavy atom. The second kappa shape index (κ2) is 6.54. The van der Waals surface area contributed by atoms with Crippen LogP contribution in [0.1, 0.15) is 28.5 Å². The Morgan fingerprint density at radius 2 is 1.97 bits per heavy atom. The first kappa shape index (κ1) is 18.8. The Labute approximate surface area is 183 Å². The van der Waals surface area contributed by atoms with Gasteiger partial charge in [0.25, 0.3) is 0 Å². The summed E-state index contributed by atoms with van der Waals surface area (Å²) in [6, 6.07) is 4.11. The van der Waals surface area contributed by atoms with E-state index >= 15 is 0 Å². The summed E-state index contributed by atoms with van der Waals surface area (Å²) in [5, 5.41) is 12.1. The van der Waals surface area contributed by atoms with Gasteiger partial charge >= 0.3 is 10.8 Å². The van der Waals surface area contributed by atoms with Gasteiger partial charge in [-0.05, 0) is 35.6 Å². The molecule has 2 saturated carbocycles. The van der Waals surface area contributed by atoms with Crippen molar-refractivity contribution in [2.45, 2.75) is 29.0 Å². The van der Waals surface area contributed by atoms with E-state index in [-0.39, 0.29) is 70.4 Å². The topological polar surface area (TPSA) is 108 Å². The molecule has 7 nitrogen and oxygen atoms in total. The van der Waals surface area contributed by atoms with Crippen LogP contribution in [0.25, 0.3) is 0 Å². The van der Waals surface area contributed by atoms with E-state index in [0.717, 1.165) is 16.3 Å². The van der Waals surface area contributed by atoms with Gasteiger partial charge in [0.1, 0.15) is 0 Å². The molecule has 6 rings (SSSR count). The highest BCUT2D eigenvalue weighted by molar-refractivity contribution is 8.00. The molecule has 0 aromatic carbocycles. The van der Waals surface area contributed by atoms with Crippen LogP contribution in [-0.2, 0) is 14.4 Å². The zero-order valence-electron chi connectivity index (χ0n) is 15.6. The molecule has 30 heavy (non-hydrogen) atoms. The van der Waals surface area contributed by atoms with Crippen molar-refractivity contribution < 1.29 is 19.5 Å². The fraction of sp³-hybridized carbons (Fsp3) is 0.500. The molecule has 2 aliphatic carbocycles. The molecule has 2 aromatic rings. The molecule has 2 amide bonds. The maximum Gasteiger partial charge on any atom is 0.305 e. The number of carboxylic acid groups (broad SMARTS) is 1. The SMILES string of the molecule is O=C(O)CCN1C(=O)[C@@H]2[C@H]3C[C@@H]([C@@H]4Sc5[nH]c(=O)sc5[C@H](c5cccs5)[C@@H]34)[C@H]2C1=O. The number of thioether (sulfide) groups is 1. The monoisotopic (exact) mass is 462 g/mol. The third kappa shape index (κ3) is 2.44. The second-order valence-electron chi connectivity index (χ2n) is 8.45. The maximum atomic E-state index is 13.2. The predicted octanol–water partition coefficient (Wildman–Crippen LogP) is 2.45. The minimum atomic E-state index is -1.01. The smallest absolute Gasteiger partial charge is 0.305 e. The number of aromatic amines is 1. The van der Waals surface area contributed by atoms with Crippen LogP contribution in [-0.4, -0.2) is 44.6 Å². The van der Waals surface area contributed by atoms with Gasteiger partial charge in [0.05, 0.1) is 23.3 Å². The summed E-state index contributed by atoms with van der Waals surface area (Å²) in [6.07, 6.45) is 0.632. The standard InChI is InChI=1S/C20H18N2O5S3/c23-10(24)3-4-22-18(25)12-7-6-8(13(12)19(22)26)15-11(7)14(9-2-1-5-28-9)16-17(29-15)21-20(27)30-16/h1-2,5,7-8,11-15H,3-4,6H2,(H,21,27)(H,23,24)/t7-,8+,11+,12+,13+,14+,15-/m0/s1. The van der Waals surface area contributed by atoms with Crippen molar-refractivity contribution in [3.05, 3.63) is 36.9 Å². The minimum Gasteiger partial charge on any atom is -0.481 e. The van der Waals surface area contributed by atoms with Crippen molar-refractivity contribution in [1.29, 1.82) is 0 Å². The number of aliphatic carboxylic acids is 1. The zero-order chi connectivity index (χ0) is 20.7. The maximum absolute atomic E-state index is 13.2. The number of H-pyrrole nitrogens is 1. The summed E-state index contributed by atoms with van der Waals surface area (Å²) in [5.41, 5.74) is 0. The number of carbonyl (C=O) groups excluding carboxylic acids is 2. The van der Waals surface area contributed by atoms with E-state index in [1.165, 1.54) is 21.1 Å². The molecule has 3 fully saturated rings. The molecule has 2 N–H and O–H groups in total. The largest absolute Gasteiger partial charge is 0.481 e. The Kier molecular flexibility index (Phi) is 4.11. The minimum absolute atomic E-state index is 0.0447. The lowest BCUT2D eigenvalue weighted by molar-refractivity contribution is -0.142. The van der Waals surface area contributed by atoms with E-state index in [4.69, 9.17) is 5.11 Å². The molecule has 156 valence electrons. The Bertz CT molecular complexity index is 1120. The number of nitrogens with one attached hydrogen (secondary N) is 1. The lowest BCUT2D eigenvalue weighted by atomic mass is 9.69. The summed E-state index contributed by atoms with van der Waals surface area (Å²) < 4.78 is 0. The predicted molar refractivity (Wildman–Crippen MR) is 112 cm³/mol. The second-order valence-corrected chi connectivity index (χ2v) is 11.6. The molecule has 2 aliphatic heterocycles. The van der Waals surface area contributed by atoms with Crippen LogP contribution < -0.4 is 4.87 Å². The average Bonchev–Trinajstić information content (AvgIpc) is 3.48. The van der Waals surface area contributed by atoms with Gasteiger partial charge in [-0.15, -0.1) is 23.1 Å². The zero-order valence-corrected chi connectivity index (χ0v) is 18.1. The van der Waals surface area contributed by atoms with Crippen LogP contribution in [0.2, 0.25) is 0 Å². The van der Waals surface area contributed by atoms with Gasteiger partial charge in [-0.2, -0.15) is 0 Å². The van der Waals surface area contributed by atoms with Crippen molar-refractivity contribution in [2.75, 3.05) is 6.54 Å². The van der Waals surface area contributed by atoms with Gasteiger partial charge < -0.3 is 10.1 Å². The molecule has 0 radical (unpaired) electrons. The van der Waals surface area contributed by atoms with Gasteiger partial charge in [0.2, 0.25) is 11.8 Å². The number of hydrogen-bond acceptors (Lipinski definition) is 7. The number of hydrogen-bond donors (Lipinski definition) is 2. The van der Waals surface area contributed by atoms with E-state index < -0.39 is 5.97 Å². The lowest BCUT2D eigenvalue weighted by Crippen LogP contribution is -2.42. The van der Waals surface area contributed by atoms with Crippen LogP contribution in [0.5, 0.6) is 0 Å². The highest BCUT2D eigenvalue weighted by atomic mass is 32.2. The van der Waals surface area contributed by atoms with Gasteiger partial charge in [-0.1, -0.05) is 17.4 Å². The normalized spacial score (nSPS) is 36.1.